The van der Waals surface area contributed by atoms with Gasteiger partial charge in [-0.3, -0.25) is 0 Å². The number of hydrogen-bond donors (Lipinski definition) is 1. The normalized spacial score (nSPS) is 23.1. The lowest BCUT2D eigenvalue weighted by atomic mass is 9.80. The van der Waals surface area contributed by atoms with Gasteiger partial charge in [-0.25, -0.2) is 9.97 Å². The quantitative estimate of drug-likeness (QED) is 0.481. The first-order valence-electron chi connectivity index (χ1n) is 12.4. The zero-order valence-corrected chi connectivity index (χ0v) is 20.6. The Balaban J connectivity index is 1.60. The fourth-order valence-corrected chi connectivity index (χ4v) is 5.98. The van der Waals surface area contributed by atoms with Crippen molar-refractivity contribution in [3.05, 3.63) is 28.2 Å². The number of thiazole rings is 1. The molecule has 2 atom stereocenters. The molecule has 1 unspecified atom stereocenters. The third-order valence-electron chi connectivity index (χ3n) is 7.81. The third-order valence-corrected chi connectivity index (χ3v) is 8.42. The molecule has 5 rings (SSSR count). The number of rotatable bonds is 7. The lowest BCUT2D eigenvalue weighted by Crippen LogP contribution is -2.31. The second kappa shape index (κ2) is 9.38. The van der Waals surface area contributed by atoms with Gasteiger partial charge in [-0.15, -0.1) is 11.3 Å². The van der Waals surface area contributed by atoms with Crippen LogP contribution in [0, 0.1) is 29.1 Å². The molecule has 3 heterocycles. The number of anilines is 1. The van der Waals surface area contributed by atoms with Gasteiger partial charge < -0.3 is 9.88 Å². The fraction of sp³-hybridized carbons (Fsp3) is 0.640. The molecule has 3 aromatic rings. The van der Waals surface area contributed by atoms with E-state index in [9.17, 15) is 5.26 Å². The standard InChI is InChI=1S/C25H33N7S/c1-15-7-9-18(10-8-15)12-32-22-23(28-17(3)19-5-4-6-19)29-21(11-26)30-24(22)31-25(32)16(2)20-13-33-14-27-20/h13-19H,4-10,12H2,1-3H3,(H,28,29,30)/t15-,16?,17-,18-/m1/s1. The van der Waals surface area contributed by atoms with Crippen molar-refractivity contribution >= 4 is 28.3 Å². The van der Waals surface area contributed by atoms with Crippen LogP contribution in [-0.2, 0) is 6.54 Å². The molecular formula is C25H33N7S. The first kappa shape index (κ1) is 22.3. The van der Waals surface area contributed by atoms with Crippen molar-refractivity contribution in [2.45, 2.75) is 84.2 Å². The molecule has 0 saturated heterocycles. The summed E-state index contributed by atoms with van der Waals surface area (Å²) in [4.78, 5) is 18.7. The van der Waals surface area contributed by atoms with Gasteiger partial charge in [-0.1, -0.05) is 26.2 Å². The van der Waals surface area contributed by atoms with Gasteiger partial charge in [0.15, 0.2) is 11.5 Å². The summed E-state index contributed by atoms with van der Waals surface area (Å²) in [6, 6.07) is 2.45. The van der Waals surface area contributed by atoms with Gasteiger partial charge in [-0.2, -0.15) is 15.2 Å². The molecule has 2 aliphatic carbocycles. The molecule has 1 N–H and O–H groups in total. The molecule has 33 heavy (non-hydrogen) atoms. The SMILES string of the molecule is CC(c1cscn1)c1nc2nc(C#N)nc(N[C@H](C)C3CCC3)c2n1C[C@H]1CC[C@H](C)CC1. The predicted molar refractivity (Wildman–Crippen MR) is 131 cm³/mol. The molecule has 2 aliphatic rings. The molecule has 2 fully saturated rings. The lowest BCUT2D eigenvalue weighted by molar-refractivity contribution is 0.264. The summed E-state index contributed by atoms with van der Waals surface area (Å²) in [5.41, 5.74) is 4.46. The minimum absolute atomic E-state index is 0.0513. The maximum atomic E-state index is 9.60. The third kappa shape index (κ3) is 4.48. The molecule has 3 aromatic heterocycles. The lowest BCUT2D eigenvalue weighted by Gasteiger charge is -2.32. The van der Waals surface area contributed by atoms with Crippen LogP contribution >= 0.6 is 11.3 Å². The highest BCUT2D eigenvalue weighted by atomic mass is 32.1. The van der Waals surface area contributed by atoms with Crippen molar-refractivity contribution < 1.29 is 0 Å². The molecule has 7 nitrogen and oxygen atoms in total. The van der Waals surface area contributed by atoms with Crippen LogP contribution in [0.3, 0.4) is 0 Å². The zero-order valence-electron chi connectivity index (χ0n) is 19.8. The fourth-order valence-electron chi connectivity index (χ4n) is 5.33. The van der Waals surface area contributed by atoms with E-state index in [1.165, 1.54) is 44.9 Å². The summed E-state index contributed by atoms with van der Waals surface area (Å²) in [7, 11) is 0. The molecule has 0 amide bonds. The second-order valence-electron chi connectivity index (χ2n) is 10.1. The van der Waals surface area contributed by atoms with E-state index in [0.29, 0.717) is 23.5 Å². The van der Waals surface area contributed by atoms with Crippen LogP contribution < -0.4 is 5.32 Å². The van der Waals surface area contributed by atoms with E-state index in [2.05, 4.69) is 57.1 Å². The van der Waals surface area contributed by atoms with Crippen LogP contribution in [-0.4, -0.2) is 30.5 Å². The van der Waals surface area contributed by atoms with Crippen LogP contribution in [0.2, 0.25) is 0 Å². The van der Waals surface area contributed by atoms with E-state index in [1.54, 1.807) is 11.3 Å². The number of nitriles is 1. The van der Waals surface area contributed by atoms with Crippen molar-refractivity contribution in [1.82, 2.24) is 24.5 Å². The zero-order chi connectivity index (χ0) is 22.9. The molecule has 0 aliphatic heterocycles. The topological polar surface area (TPSA) is 92.3 Å². The van der Waals surface area contributed by atoms with Crippen LogP contribution in [0.5, 0.6) is 0 Å². The smallest absolute Gasteiger partial charge is 0.236 e. The number of imidazole rings is 1. The number of aromatic nitrogens is 5. The van der Waals surface area contributed by atoms with E-state index in [4.69, 9.17) is 4.98 Å². The van der Waals surface area contributed by atoms with Crippen molar-refractivity contribution in [2.75, 3.05) is 5.32 Å². The summed E-state index contributed by atoms with van der Waals surface area (Å²) < 4.78 is 2.34. The largest absolute Gasteiger partial charge is 0.365 e. The van der Waals surface area contributed by atoms with Gasteiger partial charge in [0.2, 0.25) is 5.82 Å². The van der Waals surface area contributed by atoms with Gasteiger partial charge in [-0.05, 0) is 57.3 Å². The van der Waals surface area contributed by atoms with Crippen LogP contribution in [0.15, 0.2) is 10.9 Å². The second-order valence-corrected chi connectivity index (χ2v) is 10.9. The Bertz CT molecular complexity index is 1130. The Morgan fingerprint density at radius 3 is 2.58 bits per heavy atom. The summed E-state index contributed by atoms with van der Waals surface area (Å²) in [5.74, 6) is 4.04. The highest BCUT2D eigenvalue weighted by molar-refractivity contribution is 7.07. The molecule has 0 spiro atoms. The number of hydrogen-bond acceptors (Lipinski definition) is 7. The predicted octanol–water partition coefficient (Wildman–Crippen LogP) is 5.73. The number of nitrogens with one attached hydrogen (secondary N) is 1. The van der Waals surface area contributed by atoms with Gasteiger partial charge >= 0.3 is 0 Å². The van der Waals surface area contributed by atoms with Gasteiger partial charge in [0.05, 0.1) is 17.1 Å². The maximum Gasteiger partial charge on any atom is 0.236 e. The summed E-state index contributed by atoms with van der Waals surface area (Å²) >= 11 is 1.61. The Morgan fingerprint density at radius 1 is 1.15 bits per heavy atom. The Labute approximate surface area is 199 Å². The van der Waals surface area contributed by atoms with E-state index < -0.39 is 0 Å². The Morgan fingerprint density at radius 2 is 1.94 bits per heavy atom. The van der Waals surface area contributed by atoms with Crippen LogP contribution in [0.4, 0.5) is 5.82 Å². The molecular weight excluding hydrogens is 430 g/mol. The van der Waals surface area contributed by atoms with Crippen molar-refractivity contribution in [1.29, 1.82) is 5.26 Å². The van der Waals surface area contributed by atoms with E-state index in [-0.39, 0.29) is 11.7 Å². The first-order chi connectivity index (χ1) is 16.0. The Hall–Kier alpha value is -2.53. The van der Waals surface area contributed by atoms with E-state index in [0.717, 1.165) is 35.3 Å². The maximum absolute atomic E-state index is 9.60. The van der Waals surface area contributed by atoms with E-state index in [1.807, 2.05) is 5.51 Å². The molecule has 174 valence electrons. The summed E-state index contributed by atoms with van der Waals surface area (Å²) in [6.07, 6.45) is 8.85. The highest BCUT2D eigenvalue weighted by Gasteiger charge is 2.29. The van der Waals surface area contributed by atoms with Crippen LogP contribution in [0.25, 0.3) is 11.2 Å². The van der Waals surface area contributed by atoms with Crippen LogP contribution in [0.1, 0.15) is 89.0 Å². The number of nitrogens with zero attached hydrogens (tertiary/aromatic N) is 6. The van der Waals surface area contributed by atoms with Gasteiger partial charge in [0, 0.05) is 18.0 Å². The average molecular weight is 464 g/mol. The molecule has 8 heteroatoms. The minimum Gasteiger partial charge on any atom is -0.365 e. The monoisotopic (exact) mass is 463 g/mol. The van der Waals surface area contributed by atoms with Gasteiger partial charge in [0.25, 0.3) is 0 Å². The van der Waals surface area contributed by atoms with Gasteiger partial charge in [0.1, 0.15) is 17.4 Å². The van der Waals surface area contributed by atoms with E-state index >= 15 is 0 Å². The highest BCUT2D eigenvalue weighted by Crippen LogP contribution is 2.36. The van der Waals surface area contributed by atoms with Crippen molar-refractivity contribution in [3.63, 3.8) is 0 Å². The average Bonchev–Trinajstić information content (AvgIpc) is 3.42. The molecule has 0 aromatic carbocycles. The molecule has 0 radical (unpaired) electrons. The minimum atomic E-state index is 0.0513. The summed E-state index contributed by atoms with van der Waals surface area (Å²) in [6.45, 7) is 7.67. The van der Waals surface area contributed by atoms with Crippen molar-refractivity contribution in [2.24, 2.45) is 17.8 Å². The molecule has 2 saturated carbocycles. The van der Waals surface area contributed by atoms with Crippen molar-refractivity contribution in [3.8, 4) is 6.07 Å². The summed E-state index contributed by atoms with van der Waals surface area (Å²) in [5, 5.41) is 15.4. The Kier molecular flexibility index (Phi) is 6.33. The molecule has 0 bridgehead atoms. The first-order valence-corrected chi connectivity index (χ1v) is 13.3. The number of fused-ring (bicyclic) bond motifs is 1.